The third-order valence-electron chi connectivity index (χ3n) is 7.00. The lowest BCUT2D eigenvalue weighted by atomic mass is 9.78. The Bertz CT molecular complexity index is 919. The van der Waals surface area contributed by atoms with Crippen molar-refractivity contribution >= 4 is 29.9 Å². The highest BCUT2D eigenvalue weighted by molar-refractivity contribution is 14.0. The monoisotopic (exact) mass is 552 g/mol. The van der Waals surface area contributed by atoms with Crippen molar-refractivity contribution in [1.82, 2.24) is 25.4 Å². The highest BCUT2D eigenvalue weighted by Gasteiger charge is 2.32. The maximum Gasteiger partial charge on any atom is 0.192 e. The molecule has 1 unspecified atom stereocenters. The van der Waals surface area contributed by atoms with Crippen molar-refractivity contribution in [3.63, 3.8) is 0 Å². The van der Waals surface area contributed by atoms with Crippen LogP contribution in [0.2, 0.25) is 0 Å². The van der Waals surface area contributed by atoms with Gasteiger partial charge in [0.05, 0.1) is 12.6 Å². The van der Waals surface area contributed by atoms with Crippen LogP contribution >= 0.6 is 24.0 Å². The van der Waals surface area contributed by atoms with Crippen LogP contribution in [0, 0.1) is 18.3 Å². The number of aryl methyl sites for hydroxylation is 1. The Kier molecular flexibility index (Phi) is 8.41. The molecule has 2 aromatic rings. The molecule has 8 heteroatoms. The van der Waals surface area contributed by atoms with E-state index in [9.17, 15) is 0 Å². The molecule has 7 nitrogen and oxygen atoms in total. The van der Waals surface area contributed by atoms with E-state index in [1.807, 2.05) is 30.7 Å². The van der Waals surface area contributed by atoms with Crippen molar-refractivity contribution in [1.29, 1.82) is 0 Å². The SMILES string of the molecule is Cc1nnc(CN=C(NCC(C)(C)C2CCCC2)NC2CCOc3ccccc32)n1C.I. The summed E-state index contributed by atoms with van der Waals surface area (Å²) >= 11 is 0. The second kappa shape index (κ2) is 10.9. The molecule has 32 heavy (non-hydrogen) atoms. The maximum atomic E-state index is 5.84. The zero-order chi connectivity index (χ0) is 21.8. The molecule has 0 spiro atoms. The van der Waals surface area contributed by atoms with Crippen molar-refractivity contribution in [2.45, 2.75) is 65.5 Å². The molecule has 1 aliphatic heterocycles. The Morgan fingerprint density at radius 3 is 2.66 bits per heavy atom. The molecule has 1 aromatic carbocycles. The van der Waals surface area contributed by atoms with Crippen LogP contribution in [0.1, 0.15) is 69.2 Å². The summed E-state index contributed by atoms with van der Waals surface area (Å²) in [6.45, 7) is 8.80. The fourth-order valence-corrected chi connectivity index (χ4v) is 4.71. The maximum absolute atomic E-state index is 5.84. The number of fused-ring (bicyclic) bond motifs is 1. The summed E-state index contributed by atoms with van der Waals surface area (Å²) < 4.78 is 7.84. The first kappa shape index (κ1) is 24.8. The molecule has 2 heterocycles. The predicted octanol–water partition coefficient (Wildman–Crippen LogP) is 4.52. The Balaban J connectivity index is 0.00000289. The molecule has 0 saturated heterocycles. The molecular formula is C24H37IN6O. The van der Waals surface area contributed by atoms with Crippen LogP contribution in [-0.2, 0) is 13.6 Å². The normalized spacial score (nSPS) is 19.1. The fraction of sp³-hybridized carbons (Fsp3) is 0.625. The molecular weight excluding hydrogens is 515 g/mol. The Labute approximate surface area is 208 Å². The highest BCUT2D eigenvalue weighted by atomic mass is 127. The zero-order valence-electron chi connectivity index (χ0n) is 19.7. The molecule has 1 atom stereocenters. The van der Waals surface area contributed by atoms with E-state index in [4.69, 9.17) is 9.73 Å². The van der Waals surface area contributed by atoms with Gasteiger partial charge in [-0.3, -0.25) is 0 Å². The van der Waals surface area contributed by atoms with Crippen molar-refractivity contribution in [2.24, 2.45) is 23.4 Å². The van der Waals surface area contributed by atoms with Crippen LogP contribution in [0.3, 0.4) is 0 Å². The minimum atomic E-state index is 0. The van der Waals surface area contributed by atoms with Crippen LogP contribution in [0.25, 0.3) is 0 Å². The minimum Gasteiger partial charge on any atom is -0.493 e. The van der Waals surface area contributed by atoms with Crippen molar-refractivity contribution in [3.05, 3.63) is 41.5 Å². The summed E-state index contributed by atoms with van der Waals surface area (Å²) in [5.41, 5.74) is 1.42. The number of guanidine groups is 1. The van der Waals surface area contributed by atoms with Gasteiger partial charge in [0.15, 0.2) is 11.8 Å². The van der Waals surface area contributed by atoms with E-state index in [-0.39, 0.29) is 35.4 Å². The summed E-state index contributed by atoms with van der Waals surface area (Å²) in [4.78, 5) is 4.90. The number of para-hydroxylation sites is 1. The molecule has 2 aliphatic rings. The largest absolute Gasteiger partial charge is 0.493 e. The van der Waals surface area contributed by atoms with Gasteiger partial charge in [-0.1, -0.05) is 44.9 Å². The molecule has 1 fully saturated rings. The Morgan fingerprint density at radius 2 is 1.94 bits per heavy atom. The van der Waals surface area contributed by atoms with Gasteiger partial charge in [0, 0.05) is 25.6 Å². The van der Waals surface area contributed by atoms with Gasteiger partial charge in [0.1, 0.15) is 18.1 Å². The van der Waals surface area contributed by atoms with Gasteiger partial charge in [0.25, 0.3) is 0 Å². The van der Waals surface area contributed by atoms with E-state index >= 15 is 0 Å². The number of nitrogens with one attached hydrogen (secondary N) is 2. The number of aromatic nitrogens is 3. The smallest absolute Gasteiger partial charge is 0.192 e. The summed E-state index contributed by atoms with van der Waals surface area (Å²) in [5.74, 6) is 4.31. The first-order valence-corrected chi connectivity index (χ1v) is 11.6. The van der Waals surface area contributed by atoms with E-state index in [1.54, 1.807) is 0 Å². The topological polar surface area (TPSA) is 76.4 Å². The van der Waals surface area contributed by atoms with E-state index in [1.165, 1.54) is 31.2 Å². The molecule has 0 radical (unpaired) electrons. The molecule has 176 valence electrons. The molecule has 1 saturated carbocycles. The quantitative estimate of drug-likeness (QED) is 0.313. The van der Waals surface area contributed by atoms with Gasteiger partial charge in [-0.2, -0.15) is 0 Å². The Morgan fingerprint density at radius 1 is 1.19 bits per heavy atom. The van der Waals surface area contributed by atoms with Crippen LogP contribution in [-0.4, -0.2) is 33.9 Å². The van der Waals surface area contributed by atoms with Gasteiger partial charge < -0.3 is 19.9 Å². The van der Waals surface area contributed by atoms with Gasteiger partial charge in [-0.15, -0.1) is 34.2 Å². The second-order valence-corrected chi connectivity index (χ2v) is 9.58. The predicted molar refractivity (Wildman–Crippen MR) is 138 cm³/mol. The van der Waals surface area contributed by atoms with Crippen molar-refractivity contribution in [2.75, 3.05) is 13.2 Å². The summed E-state index contributed by atoms with van der Waals surface area (Å²) in [6.07, 6.45) is 6.29. The average Bonchev–Trinajstić information content (AvgIpc) is 3.42. The lowest BCUT2D eigenvalue weighted by Crippen LogP contribution is -2.46. The number of halogens is 1. The molecule has 1 aliphatic carbocycles. The number of benzene rings is 1. The second-order valence-electron chi connectivity index (χ2n) is 9.58. The lowest BCUT2D eigenvalue weighted by molar-refractivity contribution is 0.217. The summed E-state index contributed by atoms with van der Waals surface area (Å²) in [6, 6.07) is 8.44. The van der Waals surface area contributed by atoms with Crippen LogP contribution in [0.4, 0.5) is 0 Å². The van der Waals surface area contributed by atoms with Crippen molar-refractivity contribution in [3.8, 4) is 5.75 Å². The molecule has 4 rings (SSSR count). The minimum absolute atomic E-state index is 0. The van der Waals surface area contributed by atoms with E-state index in [0.717, 1.165) is 42.2 Å². The number of rotatable bonds is 6. The third kappa shape index (κ3) is 5.74. The van der Waals surface area contributed by atoms with E-state index in [2.05, 4.69) is 46.8 Å². The lowest BCUT2D eigenvalue weighted by Gasteiger charge is -2.33. The fourth-order valence-electron chi connectivity index (χ4n) is 4.71. The van der Waals surface area contributed by atoms with E-state index < -0.39 is 0 Å². The van der Waals surface area contributed by atoms with Crippen LogP contribution in [0.15, 0.2) is 29.3 Å². The number of hydrogen-bond donors (Lipinski definition) is 2. The standard InChI is InChI=1S/C24H36N6O.HI/c1-17-28-29-22(30(17)4)15-25-23(26-16-24(2,3)18-9-5-6-10-18)27-20-13-14-31-21-12-8-7-11-19(20)21;/h7-8,11-12,18,20H,5-6,9-10,13-16H2,1-4H3,(H2,25,26,27);1H. The zero-order valence-corrected chi connectivity index (χ0v) is 22.1. The number of nitrogens with zero attached hydrogens (tertiary/aromatic N) is 4. The molecule has 0 amide bonds. The van der Waals surface area contributed by atoms with Gasteiger partial charge in [0.2, 0.25) is 0 Å². The first-order chi connectivity index (χ1) is 14.9. The van der Waals surface area contributed by atoms with E-state index in [0.29, 0.717) is 13.2 Å². The molecule has 1 aromatic heterocycles. The average molecular weight is 553 g/mol. The summed E-state index contributed by atoms with van der Waals surface area (Å²) in [7, 11) is 1.98. The van der Waals surface area contributed by atoms with Crippen LogP contribution < -0.4 is 15.4 Å². The van der Waals surface area contributed by atoms with Crippen LogP contribution in [0.5, 0.6) is 5.75 Å². The molecule has 2 N–H and O–H groups in total. The molecule has 0 bridgehead atoms. The van der Waals surface area contributed by atoms with Gasteiger partial charge >= 0.3 is 0 Å². The third-order valence-corrected chi connectivity index (χ3v) is 7.00. The summed E-state index contributed by atoms with van der Waals surface area (Å²) in [5, 5.41) is 15.8. The van der Waals surface area contributed by atoms with Gasteiger partial charge in [-0.25, -0.2) is 4.99 Å². The Hall–Kier alpha value is -1.84. The van der Waals surface area contributed by atoms with Gasteiger partial charge in [-0.05, 0) is 37.2 Å². The number of hydrogen-bond acceptors (Lipinski definition) is 4. The highest BCUT2D eigenvalue weighted by Crippen LogP contribution is 2.39. The number of aliphatic imine (C=N–C) groups is 1. The first-order valence-electron chi connectivity index (χ1n) is 11.6. The number of ether oxygens (including phenoxy) is 1. The van der Waals surface area contributed by atoms with Crippen molar-refractivity contribution < 1.29 is 4.74 Å².